The summed E-state index contributed by atoms with van der Waals surface area (Å²) in [5.41, 5.74) is 6.74. The van der Waals surface area contributed by atoms with Gasteiger partial charge in [-0.15, -0.1) is 0 Å². The number of benzene rings is 1. The molecule has 1 amide bonds. The number of nitrogens with two attached hydrogens (primary N) is 1. The number of aliphatic carboxylic acids is 1. The number of nitrogens with one attached hydrogen (secondary N) is 1. The zero-order valence-corrected chi connectivity index (χ0v) is 13.8. The van der Waals surface area contributed by atoms with Crippen LogP contribution in [-0.2, 0) is 4.79 Å². The minimum Gasteiger partial charge on any atom is -0.481 e. The highest BCUT2D eigenvalue weighted by Crippen LogP contribution is 2.20. The molecule has 1 atom stereocenters. The van der Waals surface area contributed by atoms with Gasteiger partial charge in [0.05, 0.1) is 0 Å². The van der Waals surface area contributed by atoms with E-state index in [-0.39, 0.29) is 18.2 Å². The summed E-state index contributed by atoms with van der Waals surface area (Å²) < 4.78 is 0.666. The Balaban J connectivity index is 2.63. The minimum atomic E-state index is -0.842. The molecule has 0 heterocycles. The van der Waals surface area contributed by atoms with Crippen molar-refractivity contribution in [1.29, 1.82) is 0 Å². The first kappa shape index (κ1) is 17.5. The smallest absolute Gasteiger partial charge is 0.303 e. The monoisotopic (exact) mass is 356 g/mol. The van der Waals surface area contributed by atoms with E-state index in [9.17, 15) is 9.59 Å². The minimum absolute atomic E-state index is 0.0594. The molecule has 0 fully saturated rings. The van der Waals surface area contributed by atoms with Crippen LogP contribution in [0.2, 0.25) is 0 Å². The average molecular weight is 357 g/mol. The van der Waals surface area contributed by atoms with Crippen LogP contribution in [0.3, 0.4) is 0 Å². The van der Waals surface area contributed by atoms with Crippen molar-refractivity contribution in [2.24, 2.45) is 11.8 Å². The van der Waals surface area contributed by atoms with Crippen molar-refractivity contribution in [2.75, 3.05) is 12.3 Å². The molecule has 4 N–H and O–H groups in total. The molecule has 21 heavy (non-hydrogen) atoms. The van der Waals surface area contributed by atoms with Crippen LogP contribution in [0, 0.1) is 11.8 Å². The number of halogens is 1. The van der Waals surface area contributed by atoms with Crippen LogP contribution in [0.1, 0.15) is 37.0 Å². The molecular formula is C15H21BrN2O3. The van der Waals surface area contributed by atoms with Gasteiger partial charge in [0.15, 0.2) is 0 Å². The summed E-state index contributed by atoms with van der Waals surface area (Å²) >= 11 is 3.28. The maximum absolute atomic E-state index is 12.1. The predicted octanol–water partition coefficient (Wildman–Crippen LogP) is 2.90. The highest BCUT2D eigenvalue weighted by Gasteiger charge is 2.16. The number of amides is 1. The Bertz CT molecular complexity index is 518. The Morgan fingerprint density at radius 3 is 2.57 bits per heavy atom. The maximum Gasteiger partial charge on any atom is 0.303 e. The molecule has 5 nitrogen and oxygen atoms in total. The third kappa shape index (κ3) is 6.16. The summed E-state index contributed by atoms with van der Waals surface area (Å²) in [6.07, 6.45) is 0.821. The lowest BCUT2D eigenvalue weighted by atomic mass is 9.94. The van der Waals surface area contributed by atoms with Gasteiger partial charge in [-0.25, -0.2) is 0 Å². The number of hydrogen-bond acceptors (Lipinski definition) is 3. The van der Waals surface area contributed by atoms with Gasteiger partial charge in [-0.05, 0) is 52.4 Å². The van der Waals surface area contributed by atoms with Crippen molar-refractivity contribution in [2.45, 2.75) is 26.7 Å². The van der Waals surface area contributed by atoms with Gasteiger partial charge < -0.3 is 16.2 Å². The fourth-order valence-corrected chi connectivity index (χ4v) is 2.54. The van der Waals surface area contributed by atoms with Crippen LogP contribution in [0.4, 0.5) is 5.69 Å². The van der Waals surface area contributed by atoms with Gasteiger partial charge in [0, 0.05) is 28.7 Å². The molecule has 0 aliphatic heterocycles. The summed E-state index contributed by atoms with van der Waals surface area (Å²) in [6, 6.07) is 4.95. The number of carbonyl (C=O) groups is 2. The van der Waals surface area contributed by atoms with Crippen molar-refractivity contribution >= 4 is 33.5 Å². The molecule has 1 aromatic carbocycles. The lowest BCUT2D eigenvalue weighted by molar-refractivity contribution is -0.138. The molecule has 0 saturated carbocycles. The zero-order chi connectivity index (χ0) is 16.0. The second-order valence-electron chi connectivity index (χ2n) is 5.54. The molecule has 116 valence electrons. The predicted molar refractivity (Wildman–Crippen MR) is 86.1 cm³/mol. The standard InChI is InChI=1S/C15H21BrN2O3/c1-9(2)5-10(6-14(19)20)8-18-15(21)11-3-4-13(17)12(16)7-11/h3-4,7,9-10H,5-6,8,17H2,1-2H3,(H,18,21)(H,19,20)/t10-/m0/s1. The topological polar surface area (TPSA) is 92.4 Å². The van der Waals surface area contributed by atoms with Crippen molar-refractivity contribution in [3.05, 3.63) is 28.2 Å². The van der Waals surface area contributed by atoms with Gasteiger partial charge in [-0.1, -0.05) is 13.8 Å². The summed E-state index contributed by atoms with van der Waals surface area (Å²) in [6.45, 7) is 4.42. The molecule has 0 aliphatic carbocycles. The van der Waals surface area contributed by atoms with Crippen LogP contribution < -0.4 is 11.1 Å². The first-order chi connectivity index (χ1) is 9.79. The first-order valence-electron chi connectivity index (χ1n) is 6.84. The number of anilines is 1. The second kappa shape index (κ2) is 8.02. The van der Waals surface area contributed by atoms with Crippen molar-refractivity contribution in [3.8, 4) is 0 Å². The van der Waals surface area contributed by atoms with E-state index in [0.717, 1.165) is 6.42 Å². The second-order valence-corrected chi connectivity index (χ2v) is 6.39. The van der Waals surface area contributed by atoms with Gasteiger partial charge >= 0.3 is 5.97 Å². The summed E-state index contributed by atoms with van der Waals surface area (Å²) in [7, 11) is 0. The Labute approximate surface area is 133 Å². The van der Waals surface area contributed by atoms with Gasteiger partial charge in [-0.3, -0.25) is 9.59 Å². The molecule has 1 rings (SSSR count). The third-order valence-electron chi connectivity index (χ3n) is 3.08. The van der Waals surface area contributed by atoms with Crippen molar-refractivity contribution < 1.29 is 14.7 Å². The number of carboxylic acids is 1. The van der Waals surface area contributed by atoms with Crippen LogP contribution in [0.15, 0.2) is 22.7 Å². The van der Waals surface area contributed by atoms with Gasteiger partial charge in [0.1, 0.15) is 0 Å². The van der Waals surface area contributed by atoms with E-state index in [0.29, 0.717) is 28.2 Å². The first-order valence-corrected chi connectivity index (χ1v) is 7.64. The van der Waals surface area contributed by atoms with E-state index >= 15 is 0 Å². The highest BCUT2D eigenvalue weighted by molar-refractivity contribution is 9.10. The Morgan fingerprint density at radius 2 is 2.05 bits per heavy atom. The lowest BCUT2D eigenvalue weighted by Gasteiger charge is -2.18. The summed E-state index contributed by atoms with van der Waals surface area (Å²) in [4.78, 5) is 22.9. The van der Waals surface area contributed by atoms with E-state index in [1.165, 1.54) is 0 Å². The fourth-order valence-electron chi connectivity index (χ4n) is 2.16. The van der Waals surface area contributed by atoms with E-state index in [2.05, 4.69) is 21.2 Å². The molecule has 0 unspecified atom stereocenters. The molecule has 0 radical (unpaired) electrons. The van der Waals surface area contributed by atoms with E-state index in [1.54, 1.807) is 18.2 Å². The Kier molecular flexibility index (Phi) is 6.68. The zero-order valence-electron chi connectivity index (χ0n) is 12.2. The Hall–Kier alpha value is -1.56. The quantitative estimate of drug-likeness (QED) is 0.654. The van der Waals surface area contributed by atoms with Crippen molar-refractivity contribution in [1.82, 2.24) is 5.32 Å². The SMILES string of the molecule is CC(C)C[C@H](CNC(=O)c1ccc(N)c(Br)c1)CC(=O)O. The highest BCUT2D eigenvalue weighted by atomic mass is 79.9. The van der Waals surface area contributed by atoms with Crippen molar-refractivity contribution in [3.63, 3.8) is 0 Å². The molecule has 0 spiro atoms. The number of carbonyl (C=O) groups excluding carboxylic acids is 1. The number of nitrogen functional groups attached to an aromatic ring is 1. The molecule has 0 aromatic heterocycles. The summed E-state index contributed by atoms with van der Waals surface area (Å²) in [5, 5.41) is 11.7. The van der Waals surface area contributed by atoms with Gasteiger partial charge in [0.2, 0.25) is 0 Å². The van der Waals surface area contributed by atoms with E-state index in [4.69, 9.17) is 10.8 Å². The summed E-state index contributed by atoms with van der Waals surface area (Å²) in [5.74, 6) is -0.749. The van der Waals surface area contributed by atoms with E-state index in [1.807, 2.05) is 13.8 Å². The molecule has 0 aliphatic rings. The normalized spacial score (nSPS) is 12.2. The largest absolute Gasteiger partial charge is 0.481 e. The maximum atomic E-state index is 12.1. The third-order valence-corrected chi connectivity index (χ3v) is 3.77. The Morgan fingerprint density at radius 1 is 1.38 bits per heavy atom. The number of rotatable bonds is 7. The van der Waals surface area contributed by atoms with Crippen LogP contribution in [0.5, 0.6) is 0 Å². The lowest BCUT2D eigenvalue weighted by Crippen LogP contribution is -2.31. The molecule has 6 heteroatoms. The number of hydrogen-bond donors (Lipinski definition) is 3. The number of carboxylic acid groups (broad SMARTS) is 1. The molecular weight excluding hydrogens is 336 g/mol. The molecule has 0 bridgehead atoms. The molecule has 1 aromatic rings. The average Bonchev–Trinajstić information content (AvgIpc) is 2.37. The van der Waals surface area contributed by atoms with Gasteiger partial charge in [-0.2, -0.15) is 0 Å². The fraction of sp³-hybridized carbons (Fsp3) is 0.467. The van der Waals surface area contributed by atoms with Crippen LogP contribution in [0.25, 0.3) is 0 Å². The van der Waals surface area contributed by atoms with Crippen LogP contribution in [-0.4, -0.2) is 23.5 Å². The van der Waals surface area contributed by atoms with E-state index < -0.39 is 5.97 Å². The van der Waals surface area contributed by atoms with Crippen LogP contribution >= 0.6 is 15.9 Å². The molecule has 0 saturated heterocycles. The van der Waals surface area contributed by atoms with Gasteiger partial charge in [0.25, 0.3) is 5.91 Å².